The number of para-hydroxylation sites is 1. The van der Waals surface area contributed by atoms with Gasteiger partial charge in [0.15, 0.2) is 11.4 Å². The van der Waals surface area contributed by atoms with Gasteiger partial charge >= 0.3 is 12.1 Å². The van der Waals surface area contributed by atoms with Crippen LogP contribution in [0, 0.1) is 0 Å². The van der Waals surface area contributed by atoms with Crippen LogP contribution in [0.25, 0.3) is 10.9 Å². The molecular formula is C25H28Cl2N2O5. The number of nitrogens with one attached hydrogen (secondary N) is 1. The molecule has 0 aliphatic rings. The topological polar surface area (TPSA) is 80.9 Å². The second-order valence-corrected chi connectivity index (χ2v) is 9.41. The number of H-pyrrole nitrogens is 1. The van der Waals surface area contributed by atoms with Crippen LogP contribution < -0.4 is 4.74 Å². The van der Waals surface area contributed by atoms with E-state index >= 15 is 0 Å². The Hall–Kier alpha value is -2.90. The van der Waals surface area contributed by atoms with E-state index in [1.165, 1.54) is 4.90 Å². The Balaban J connectivity index is 1.80. The van der Waals surface area contributed by atoms with Gasteiger partial charge < -0.3 is 24.1 Å². The highest BCUT2D eigenvalue weighted by Crippen LogP contribution is 2.31. The predicted octanol–water partition coefficient (Wildman–Crippen LogP) is 6.47. The molecular weight excluding hydrogens is 479 g/mol. The van der Waals surface area contributed by atoms with Crippen molar-refractivity contribution in [1.82, 2.24) is 9.88 Å². The summed E-state index contributed by atoms with van der Waals surface area (Å²) in [4.78, 5) is 29.9. The zero-order valence-corrected chi connectivity index (χ0v) is 21.1. The fourth-order valence-electron chi connectivity index (χ4n) is 3.29. The van der Waals surface area contributed by atoms with E-state index in [1.807, 2.05) is 24.3 Å². The summed E-state index contributed by atoms with van der Waals surface area (Å²) >= 11 is 12.2. The van der Waals surface area contributed by atoms with Crippen LogP contribution in [0.15, 0.2) is 42.5 Å². The predicted molar refractivity (Wildman–Crippen MR) is 133 cm³/mol. The van der Waals surface area contributed by atoms with E-state index < -0.39 is 17.7 Å². The van der Waals surface area contributed by atoms with Crippen LogP contribution in [0.5, 0.6) is 5.75 Å². The quantitative estimate of drug-likeness (QED) is 0.354. The monoisotopic (exact) mass is 506 g/mol. The molecule has 0 saturated heterocycles. The summed E-state index contributed by atoms with van der Waals surface area (Å²) in [5.74, 6) is -0.124. The second-order valence-electron chi connectivity index (χ2n) is 8.59. The summed E-state index contributed by atoms with van der Waals surface area (Å²) in [6.45, 7) is 7.95. The number of hydrogen-bond donors (Lipinski definition) is 1. The molecule has 3 rings (SSSR count). The number of aromatic amines is 1. The Morgan fingerprint density at radius 1 is 1.06 bits per heavy atom. The molecule has 1 aromatic heterocycles. The third-order valence-corrected chi connectivity index (χ3v) is 5.49. The first kappa shape index (κ1) is 25.7. The highest BCUT2D eigenvalue weighted by molar-refractivity contribution is 6.42. The summed E-state index contributed by atoms with van der Waals surface area (Å²) in [6, 6.07) is 12.6. The molecule has 0 radical (unpaired) electrons. The third kappa shape index (κ3) is 6.58. The number of fused-ring (bicyclic) bond motifs is 1. The maximum absolute atomic E-state index is 12.9. The lowest BCUT2D eigenvalue weighted by Gasteiger charge is -2.27. The second kappa shape index (κ2) is 11.0. The molecule has 0 spiro atoms. The Bertz CT molecular complexity index is 1170. The first-order valence-corrected chi connectivity index (χ1v) is 11.7. The number of carbonyl (C=O) groups is 2. The van der Waals surface area contributed by atoms with Crippen LogP contribution in [0.1, 0.15) is 43.7 Å². The molecule has 0 bridgehead atoms. The average Bonchev–Trinajstić information content (AvgIpc) is 3.13. The average molecular weight is 507 g/mol. The molecule has 0 atom stereocenters. The molecule has 1 heterocycles. The van der Waals surface area contributed by atoms with Gasteiger partial charge in [-0.3, -0.25) is 0 Å². The number of aromatic nitrogens is 1. The molecule has 0 fully saturated rings. The number of rotatable bonds is 8. The first-order valence-electron chi connectivity index (χ1n) is 10.9. The maximum atomic E-state index is 12.9. The third-order valence-electron chi connectivity index (χ3n) is 4.75. The summed E-state index contributed by atoms with van der Waals surface area (Å²) in [5.41, 5.74) is 1.11. The Morgan fingerprint density at radius 3 is 2.47 bits per heavy atom. The number of esters is 1. The van der Waals surface area contributed by atoms with Crippen molar-refractivity contribution in [3.63, 3.8) is 0 Å². The standard InChI is InChI=1S/C25H28Cl2N2O5/c1-5-32-23(30)21-22(17-8-6-7-9-20(17)28-21)33-13-12-29(24(31)34-25(2,3)4)15-16-10-11-18(26)19(27)14-16/h6-11,14,28H,5,12-13,15H2,1-4H3. The van der Waals surface area contributed by atoms with Gasteiger partial charge in [0.2, 0.25) is 0 Å². The minimum atomic E-state index is -0.665. The Morgan fingerprint density at radius 2 is 1.79 bits per heavy atom. The summed E-state index contributed by atoms with van der Waals surface area (Å²) in [5, 5.41) is 1.58. The molecule has 9 heteroatoms. The van der Waals surface area contributed by atoms with Crippen molar-refractivity contribution in [1.29, 1.82) is 0 Å². The fraction of sp³-hybridized carbons (Fsp3) is 0.360. The lowest BCUT2D eigenvalue weighted by molar-refractivity contribution is 0.0207. The van der Waals surface area contributed by atoms with Crippen LogP contribution in [0.3, 0.4) is 0 Å². The molecule has 7 nitrogen and oxygen atoms in total. The van der Waals surface area contributed by atoms with E-state index in [2.05, 4.69) is 4.98 Å². The molecule has 0 saturated carbocycles. The Labute approximate surface area is 208 Å². The van der Waals surface area contributed by atoms with Gasteiger partial charge in [-0.25, -0.2) is 9.59 Å². The number of hydrogen-bond acceptors (Lipinski definition) is 5. The zero-order valence-electron chi connectivity index (χ0n) is 19.6. The van der Waals surface area contributed by atoms with Gasteiger partial charge in [0.25, 0.3) is 0 Å². The maximum Gasteiger partial charge on any atom is 0.410 e. The number of benzene rings is 2. The molecule has 1 amide bonds. The van der Waals surface area contributed by atoms with Crippen molar-refractivity contribution in [3.8, 4) is 5.75 Å². The highest BCUT2D eigenvalue weighted by atomic mass is 35.5. The van der Waals surface area contributed by atoms with Gasteiger partial charge in [-0.2, -0.15) is 0 Å². The van der Waals surface area contributed by atoms with Crippen molar-refractivity contribution >= 4 is 46.2 Å². The van der Waals surface area contributed by atoms with Gasteiger partial charge in [-0.1, -0.05) is 41.4 Å². The van der Waals surface area contributed by atoms with E-state index in [-0.39, 0.29) is 32.0 Å². The lowest BCUT2D eigenvalue weighted by atomic mass is 10.2. The number of halogens is 2. The molecule has 182 valence electrons. The number of carbonyl (C=O) groups excluding carboxylic acids is 2. The molecule has 0 unspecified atom stereocenters. The highest BCUT2D eigenvalue weighted by Gasteiger charge is 2.24. The number of nitrogens with zero attached hydrogens (tertiary/aromatic N) is 1. The van der Waals surface area contributed by atoms with E-state index in [9.17, 15) is 9.59 Å². The largest absolute Gasteiger partial charge is 0.489 e. The molecule has 1 N–H and O–H groups in total. The van der Waals surface area contributed by atoms with Gasteiger partial charge in [-0.15, -0.1) is 0 Å². The van der Waals surface area contributed by atoms with E-state index in [0.29, 0.717) is 15.8 Å². The molecule has 0 aliphatic carbocycles. The van der Waals surface area contributed by atoms with Crippen molar-refractivity contribution in [2.75, 3.05) is 19.8 Å². The van der Waals surface area contributed by atoms with Crippen molar-refractivity contribution in [3.05, 3.63) is 63.8 Å². The van der Waals surface area contributed by atoms with Gasteiger partial charge in [-0.05, 0) is 57.5 Å². The smallest absolute Gasteiger partial charge is 0.410 e. The van der Waals surface area contributed by atoms with Crippen molar-refractivity contribution < 1.29 is 23.8 Å². The molecule has 2 aromatic carbocycles. The molecule has 34 heavy (non-hydrogen) atoms. The summed E-state index contributed by atoms with van der Waals surface area (Å²) in [6.07, 6.45) is -0.494. The van der Waals surface area contributed by atoms with E-state index in [1.54, 1.807) is 45.9 Å². The summed E-state index contributed by atoms with van der Waals surface area (Å²) in [7, 11) is 0. The normalized spacial score (nSPS) is 11.4. The first-order chi connectivity index (χ1) is 16.1. The number of amides is 1. The van der Waals surface area contributed by atoms with Crippen LogP contribution >= 0.6 is 23.2 Å². The van der Waals surface area contributed by atoms with E-state index in [4.69, 9.17) is 37.4 Å². The van der Waals surface area contributed by atoms with Crippen LogP contribution in [0.2, 0.25) is 10.0 Å². The fourth-order valence-corrected chi connectivity index (χ4v) is 3.61. The minimum absolute atomic E-state index is 0.120. The molecule has 0 aliphatic heterocycles. The zero-order chi connectivity index (χ0) is 24.9. The molecule has 3 aromatic rings. The van der Waals surface area contributed by atoms with E-state index in [0.717, 1.165) is 16.5 Å². The van der Waals surface area contributed by atoms with Crippen molar-refractivity contribution in [2.45, 2.75) is 39.8 Å². The van der Waals surface area contributed by atoms with Crippen LogP contribution in [-0.2, 0) is 16.0 Å². The van der Waals surface area contributed by atoms with Crippen LogP contribution in [-0.4, -0.2) is 47.3 Å². The lowest BCUT2D eigenvalue weighted by Crippen LogP contribution is -2.38. The SMILES string of the molecule is CCOC(=O)c1[nH]c2ccccc2c1OCCN(Cc1ccc(Cl)c(Cl)c1)C(=O)OC(C)(C)C. The van der Waals surface area contributed by atoms with Crippen molar-refractivity contribution in [2.24, 2.45) is 0 Å². The Kier molecular flexibility index (Phi) is 8.33. The minimum Gasteiger partial charge on any atom is -0.489 e. The van der Waals surface area contributed by atoms with Gasteiger partial charge in [0, 0.05) is 17.4 Å². The number of ether oxygens (including phenoxy) is 3. The van der Waals surface area contributed by atoms with Crippen LogP contribution in [0.4, 0.5) is 4.79 Å². The van der Waals surface area contributed by atoms with Gasteiger partial charge in [0.1, 0.15) is 12.2 Å². The summed E-state index contributed by atoms with van der Waals surface area (Å²) < 4.78 is 16.8. The van der Waals surface area contributed by atoms with Gasteiger partial charge in [0.05, 0.1) is 23.2 Å².